The summed E-state index contributed by atoms with van der Waals surface area (Å²) in [6.07, 6.45) is 1.47. The molecule has 0 saturated heterocycles. The molecule has 0 radical (unpaired) electrons. The van der Waals surface area contributed by atoms with Gasteiger partial charge in [-0.1, -0.05) is 41.9 Å². The molecule has 0 amide bonds. The van der Waals surface area contributed by atoms with E-state index in [2.05, 4.69) is 11.3 Å². The molecule has 0 aliphatic heterocycles. The largest absolute Gasteiger partial charge is 0.234 e. The summed E-state index contributed by atoms with van der Waals surface area (Å²) in [5, 5.41) is 1.89. The predicted molar refractivity (Wildman–Crippen MR) is 72.4 cm³/mol. The highest BCUT2D eigenvalue weighted by molar-refractivity contribution is 7.92. The molecule has 0 spiro atoms. The lowest BCUT2D eigenvalue weighted by Gasteiger charge is -2.00. The van der Waals surface area contributed by atoms with Crippen LogP contribution in [-0.4, -0.2) is 15.0 Å². The zero-order chi connectivity index (χ0) is 12.9. The van der Waals surface area contributed by atoms with Crippen LogP contribution in [0, 0.1) is 0 Å². The van der Waals surface area contributed by atoms with Crippen molar-refractivity contribution in [2.75, 3.05) is 6.54 Å². The van der Waals surface area contributed by atoms with Crippen LogP contribution >= 0.6 is 23.2 Å². The van der Waals surface area contributed by atoms with Gasteiger partial charge in [-0.05, 0) is 23.8 Å². The number of rotatable bonds is 5. The molecule has 0 fully saturated rings. The van der Waals surface area contributed by atoms with E-state index in [0.29, 0.717) is 5.02 Å². The van der Waals surface area contributed by atoms with E-state index in [4.69, 9.17) is 23.2 Å². The SMILES string of the molecule is C=C(Cl)CNS(=O)(=O)/C=C/c1ccc(Cl)cc1. The van der Waals surface area contributed by atoms with Crippen molar-refractivity contribution < 1.29 is 8.42 Å². The molecule has 0 heterocycles. The Hall–Kier alpha value is -0.810. The van der Waals surface area contributed by atoms with Crippen LogP contribution < -0.4 is 4.72 Å². The van der Waals surface area contributed by atoms with Crippen LogP contribution in [0.2, 0.25) is 5.02 Å². The maximum Gasteiger partial charge on any atom is 0.234 e. The number of hydrogen-bond acceptors (Lipinski definition) is 2. The summed E-state index contributed by atoms with van der Waals surface area (Å²) >= 11 is 11.2. The zero-order valence-corrected chi connectivity index (χ0v) is 11.2. The van der Waals surface area contributed by atoms with Gasteiger partial charge in [0.05, 0.1) is 0 Å². The Labute approximate surface area is 111 Å². The first-order valence-corrected chi connectivity index (χ1v) is 6.96. The molecule has 1 N–H and O–H groups in total. The van der Waals surface area contributed by atoms with Crippen molar-refractivity contribution in [3.63, 3.8) is 0 Å². The number of hydrogen-bond donors (Lipinski definition) is 1. The summed E-state index contributed by atoms with van der Waals surface area (Å²) in [7, 11) is -3.49. The van der Waals surface area contributed by atoms with Crippen LogP contribution in [0.5, 0.6) is 0 Å². The summed E-state index contributed by atoms with van der Waals surface area (Å²) in [6, 6.07) is 6.80. The molecule has 1 aromatic carbocycles. The van der Waals surface area contributed by atoms with Crippen molar-refractivity contribution in [1.29, 1.82) is 0 Å². The van der Waals surface area contributed by atoms with Crippen LogP contribution in [0.1, 0.15) is 5.56 Å². The molecule has 0 bridgehead atoms. The van der Waals surface area contributed by atoms with E-state index in [1.807, 2.05) is 0 Å². The number of halogens is 2. The van der Waals surface area contributed by atoms with E-state index in [0.717, 1.165) is 11.0 Å². The van der Waals surface area contributed by atoms with Gasteiger partial charge in [-0.3, -0.25) is 0 Å². The molecule has 1 rings (SSSR count). The van der Waals surface area contributed by atoms with Gasteiger partial charge in [-0.15, -0.1) is 0 Å². The molecule has 1 aromatic rings. The molecule has 0 saturated carbocycles. The predicted octanol–water partition coefficient (Wildman–Crippen LogP) is 2.98. The average Bonchev–Trinajstić information content (AvgIpc) is 2.26. The van der Waals surface area contributed by atoms with Gasteiger partial charge in [0, 0.05) is 22.0 Å². The molecule has 92 valence electrons. The van der Waals surface area contributed by atoms with Crippen molar-refractivity contribution in [2.45, 2.75) is 0 Å². The Morgan fingerprint density at radius 1 is 1.35 bits per heavy atom. The number of benzene rings is 1. The molecule has 17 heavy (non-hydrogen) atoms. The minimum atomic E-state index is -3.49. The van der Waals surface area contributed by atoms with Gasteiger partial charge >= 0.3 is 0 Å². The quantitative estimate of drug-likeness (QED) is 0.907. The lowest BCUT2D eigenvalue weighted by atomic mass is 10.2. The van der Waals surface area contributed by atoms with Gasteiger partial charge < -0.3 is 0 Å². The van der Waals surface area contributed by atoms with Crippen molar-refractivity contribution in [3.8, 4) is 0 Å². The second-order valence-electron chi connectivity index (χ2n) is 3.24. The third-order valence-corrected chi connectivity index (χ3v) is 3.20. The Morgan fingerprint density at radius 3 is 2.47 bits per heavy atom. The fourth-order valence-electron chi connectivity index (χ4n) is 0.969. The molecule has 3 nitrogen and oxygen atoms in total. The number of sulfonamides is 1. The highest BCUT2D eigenvalue weighted by Gasteiger charge is 2.04. The van der Waals surface area contributed by atoms with Crippen molar-refractivity contribution >= 4 is 39.3 Å². The van der Waals surface area contributed by atoms with Crippen LogP contribution in [-0.2, 0) is 10.0 Å². The molecule has 0 aliphatic carbocycles. The topological polar surface area (TPSA) is 46.2 Å². The minimum absolute atomic E-state index is 0.00878. The van der Waals surface area contributed by atoms with Crippen LogP contribution in [0.15, 0.2) is 41.3 Å². The Balaban J connectivity index is 2.70. The summed E-state index contributed by atoms with van der Waals surface area (Å²) in [5.74, 6) is 0. The molecule has 0 atom stereocenters. The van der Waals surface area contributed by atoms with Gasteiger partial charge in [0.2, 0.25) is 10.0 Å². The van der Waals surface area contributed by atoms with Gasteiger partial charge in [0.25, 0.3) is 0 Å². The van der Waals surface area contributed by atoms with E-state index in [9.17, 15) is 8.42 Å². The molecular weight excluding hydrogens is 281 g/mol. The van der Waals surface area contributed by atoms with E-state index >= 15 is 0 Å². The third kappa shape index (κ3) is 5.89. The smallest absolute Gasteiger partial charge is 0.208 e. The standard InChI is InChI=1S/C11H11Cl2NO2S/c1-9(12)8-14-17(15,16)7-6-10-2-4-11(13)5-3-10/h2-7,14H,1,8H2/b7-6+. The van der Waals surface area contributed by atoms with E-state index in [1.165, 1.54) is 6.08 Å². The lowest BCUT2D eigenvalue weighted by Crippen LogP contribution is -2.22. The van der Waals surface area contributed by atoms with Crippen molar-refractivity contribution in [2.24, 2.45) is 0 Å². The van der Waals surface area contributed by atoms with E-state index < -0.39 is 10.0 Å². The summed E-state index contributed by atoms with van der Waals surface area (Å²) < 4.78 is 25.2. The normalized spacial score (nSPS) is 11.9. The van der Waals surface area contributed by atoms with E-state index in [-0.39, 0.29) is 11.6 Å². The van der Waals surface area contributed by atoms with Gasteiger partial charge in [0.15, 0.2) is 0 Å². The van der Waals surface area contributed by atoms with Crippen molar-refractivity contribution in [1.82, 2.24) is 4.72 Å². The zero-order valence-electron chi connectivity index (χ0n) is 8.86. The molecular formula is C11H11Cl2NO2S. The van der Waals surface area contributed by atoms with Gasteiger partial charge in [0.1, 0.15) is 0 Å². The fraction of sp³-hybridized carbons (Fsp3) is 0.0909. The monoisotopic (exact) mass is 291 g/mol. The van der Waals surface area contributed by atoms with Gasteiger partial charge in [-0.25, -0.2) is 13.1 Å². The first kappa shape index (κ1) is 14.3. The van der Waals surface area contributed by atoms with Crippen LogP contribution in [0.3, 0.4) is 0 Å². The maximum atomic E-state index is 11.5. The second-order valence-corrected chi connectivity index (χ2v) is 5.86. The summed E-state index contributed by atoms with van der Waals surface area (Å²) in [6.45, 7) is 3.39. The Morgan fingerprint density at radius 2 is 1.94 bits per heavy atom. The Kier molecular flexibility index (Phi) is 5.21. The van der Waals surface area contributed by atoms with Crippen LogP contribution in [0.4, 0.5) is 0 Å². The second kappa shape index (κ2) is 6.21. The first-order valence-electron chi connectivity index (χ1n) is 4.66. The van der Waals surface area contributed by atoms with Crippen molar-refractivity contribution in [3.05, 3.63) is 51.9 Å². The highest BCUT2D eigenvalue weighted by atomic mass is 35.5. The molecule has 0 aliphatic rings. The molecule has 0 aromatic heterocycles. The van der Waals surface area contributed by atoms with Gasteiger partial charge in [-0.2, -0.15) is 0 Å². The first-order chi connectivity index (χ1) is 7.89. The minimum Gasteiger partial charge on any atom is -0.208 e. The maximum absolute atomic E-state index is 11.5. The number of nitrogens with one attached hydrogen (secondary N) is 1. The third-order valence-electron chi connectivity index (χ3n) is 1.77. The average molecular weight is 292 g/mol. The molecule has 6 heteroatoms. The highest BCUT2D eigenvalue weighted by Crippen LogP contribution is 2.11. The summed E-state index contributed by atoms with van der Waals surface area (Å²) in [5.41, 5.74) is 0.740. The van der Waals surface area contributed by atoms with Crippen LogP contribution in [0.25, 0.3) is 6.08 Å². The Bertz CT molecular complexity index is 521. The van der Waals surface area contributed by atoms with E-state index in [1.54, 1.807) is 24.3 Å². The lowest BCUT2D eigenvalue weighted by molar-refractivity contribution is 0.594. The molecule has 0 unspecified atom stereocenters. The fourth-order valence-corrected chi connectivity index (χ4v) is 2.05. The summed E-state index contributed by atoms with van der Waals surface area (Å²) in [4.78, 5) is 0.